The Kier molecular flexibility index (Phi) is 5.38. The molecule has 0 fully saturated rings. The first kappa shape index (κ1) is 17.8. The van der Waals surface area contributed by atoms with Crippen LogP contribution in [0, 0.1) is 11.7 Å². The van der Waals surface area contributed by atoms with Gasteiger partial charge in [0.25, 0.3) is 0 Å². The summed E-state index contributed by atoms with van der Waals surface area (Å²) in [5.41, 5.74) is 5.74. The Morgan fingerprint density at radius 2 is 2.04 bits per heavy atom. The Balaban J connectivity index is 2.26. The third kappa shape index (κ3) is 4.27. The molecule has 1 heterocycles. The van der Waals surface area contributed by atoms with Crippen LogP contribution in [0.3, 0.4) is 0 Å². The average Bonchev–Trinajstić information content (AvgIpc) is 2.93. The summed E-state index contributed by atoms with van der Waals surface area (Å²) in [5.74, 6) is -1.05. The van der Waals surface area contributed by atoms with Gasteiger partial charge in [0.05, 0.1) is 11.8 Å². The molecule has 6 nitrogen and oxygen atoms in total. The number of nitrogens with zero attached hydrogens (tertiary/aromatic N) is 2. The monoisotopic (exact) mass is 361 g/mol. The highest BCUT2D eigenvalue weighted by atomic mass is 35.5. The Bertz CT molecular complexity index is 772. The van der Waals surface area contributed by atoms with Crippen LogP contribution in [0.15, 0.2) is 27.8 Å². The molecule has 1 aromatic carbocycles. The van der Waals surface area contributed by atoms with Crippen molar-refractivity contribution in [3.8, 4) is 0 Å². The molecule has 1 aromatic heterocycles. The largest absolute Gasteiger partial charge is 0.411 e. The topological polar surface area (TPSA) is 99.1 Å². The average molecular weight is 362 g/mol. The van der Waals surface area contributed by atoms with Gasteiger partial charge in [0, 0.05) is 10.6 Å². The summed E-state index contributed by atoms with van der Waals surface area (Å²) in [4.78, 5) is 0. The first-order chi connectivity index (χ1) is 10.7. The molecule has 2 aromatic rings. The number of rotatable bonds is 6. The number of halogens is 2. The van der Waals surface area contributed by atoms with Gasteiger partial charge in [0.2, 0.25) is 15.7 Å². The highest BCUT2D eigenvalue weighted by molar-refractivity contribution is 7.90. The lowest BCUT2D eigenvalue weighted by molar-refractivity contribution is 0.352. The fourth-order valence-corrected chi connectivity index (χ4v) is 3.51. The van der Waals surface area contributed by atoms with E-state index in [1.807, 2.05) is 13.8 Å². The van der Waals surface area contributed by atoms with E-state index in [0.29, 0.717) is 6.42 Å². The van der Waals surface area contributed by atoms with Gasteiger partial charge in [-0.25, -0.2) is 12.8 Å². The van der Waals surface area contributed by atoms with Crippen molar-refractivity contribution >= 4 is 21.4 Å². The summed E-state index contributed by atoms with van der Waals surface area (Å²) in [6, 6.07) is 3.38. The van der Waals surface area contributed by atoms with E-state index in [9.17, 15) is 12.8 Å². The van der Waals surface area contributed by atoms with Crippen molar-refractivity contribution in [1.82, 2.24) is 10.2 Å². The molecule has 0 saturated carbocycles. The first-order valence-corrected chi connectivity index (χ1v) is 8.98. The van der Waals surface area contributed by atoms with Crippen LogP contribution in [0.5, 0.6) is 0 Å². The molecule has 0 amide bonds. The predicted molar refractivity (Wildman–Crippen MR) is 83.0 cm³/mol. The highest BCUT2D eigenvalue weighted by Crippen LogP contribution is 2.25. The predicted octanol–water partition coefficient (Wildman–Crippen LogP) is 2.88. The standard InChI is InChI=1S/C14H17ClFN3O3S/c1-8(2)6-12(17)13-18-19-14(22-13)23(20,21)7-9-10(15)4-3-5-11(9)16/h3-5,8,12H,6-7,17H2,1-2H3. The Morgan fingerprint density at radius 1 is 1.35 bits per heavy atom. The van der Waals surface area contributed by atoms with E-state index in [1.54, 1.807) is 0 Å². The van der Waals surface area contributed by atoms with Crippen LogP contribution >= 0.6 is 11.6 Å². The summed E-state index contributed by atoms with van der Waals surface area (Å²) < 4.78 is 43.5. The molecule has 1 unspecified atom stereocenters. The minimum Gasteiger partial charge on any atom is -0.411 e. The number of hydrogen-bond donors (Lipinski definition) is 1. The maximum Gasteiger partial charge on any atom is 0.335 e. The molecule has 0 aliphatic heterocycles. The first-order valence-electron chi connectivity index (χ1n) is 6.95. The van der Waals surface area contributed by atoms with Crippen LogP contribution in [-0.4, -0.2) is 18.6 Å². The zero-order chi connectivity index (χ0) is 17.2. The summed E-state index contributed by atoms with van der Waals surface area (Å²) in [7, 11) is -4.02. The summed E-state index contributed by atoms with van der Waals surface area (Å²) in [6.45, 7) is 3.93. The van der Waals surface area contributed by atoms with E-state index in [4.69, 9.17) is 21.8 Å². The zero-order valence-corrected chi connectivity index (χ0v) is 14.2. The second-order valence-electron chi connectivity index (χ2n) is 5.60. The van der Waals surface area contributed by atoms with Crippen LogP contribution in [0.2, 0.25) is 5.02 Å². The third-order valence-corrected chi connectivity index (χ3v) is 4.85. The molecule has 126 valence electrons. The van der Waals surface area contributed by atoms with E-state index < -0.39 is 32.7 Å². The van der Waals surface area contributed by atoms with Crippen molar-refractivity contribution < 1.29 is 17.2 Å². The van der Waals surface area contributed by atoms with Crippen molar-refractivity contribution in [3.05, 3.63) is 40.5 Å². The van der Waals surface area contributed by atoms with Gasteiger partial charge in [-0.15, -0.1) is 5.10 Å². The van der Waals surface area contributed by atoms with E-state index in [0.717, 1.165) is 6.07 Å². The molecule has 1 atom stereocenters. The van der Waals surface area contributed by atoms with Gasteiger partial charge in [-0.3, -0.25) is 0 Å². The van der Waals surface area contributed by atoms with Crippen LogP contribution < -0.4 is 5.73 Å². The minimum atomic E-state index is -4.02. The SMILES string of the molecule is CC(C)CC(N)c1nnc(S(=O)(=O)Cc2c(F)cccc2Cl)o1. The number of nitrogens with two attached hydrogens (primary N) is 1. The molecule has 0 saturated heterocycles. The summed E-state index contributed by atoms with van der Waals surface area (Å²) in [5, 5.41) is 6.62. The molecular weight excluding hydrogens is 345 g/mol. The second kappa shape index (κ2) is 6.94. The number of benzene rings is 1. The normalized spacial score (nSPS) is 13.5. The molecule has 23 heavy (non-hydrogen) atoms. The van der Waals surface area contributed by atoms with E-state index in [1.165, 1.54) is 12.1 Å². The number of hydrogen-bond acceptors (Lipinski definition) is 6. The second-order valence-corrected chi connectivity index (χ2v) is 7.88. The lowest BCUT2D eigenvalue weighted by atomic mass is 10.1. The van der Waals surface area contributed by atoms with Crippen molar-refractivity contribution in [2.75, 3.05) is 0 Å². The number of sulfone groups is 1. The van der Waals surface area contributed by atoms with Gasteiger partial charge in [-0.05, 0) is 24.5 Å². The van der Waals surface area contributed by atoms with Crippen molar-refractivity contribution in [2.45, 2.75) is 37.3 Å². The van der Waals surface area contributed by atoms with Crippen LogP contribution in [0.4, 0.5) is 4.39 Å². The van der Waals surface area contributed by atoms with E-state index >= 15 is 0 Å². The minimum absolute atomic E-state index is 0.0184. The van der Waals surface area contributed by atoms with Crippen molar-refractivity contribution in [2.24, 2.45) is 11.7 Å². The lowest BCUT2D eigenvalue weighted by Crippen LogP contribution is -2.13. The van der Waals surface area contributed by atoms with E-state index in [2.05, 4.69) is 10.2 Å². The Hall–Kier alpha value is -1.51. The van der Waals surface area contributed by atoms with Gasteiger partial charge < -0.3 is 10.2 Å². The van der Waals surface area contributed by atoms with Crippen molar-refractivity contribution in [3.63, 3.8) is 0 Å². The molecule has 0 aliphatic rings. The van der Waals surface area contributed by atoms with Gasteiger partial charge in [-0.2, -0.15) is 0 Å². The van der Waals surface area contributed by atoms with Gasteiger partial charge in [-0.1, -0.05) is 36.6 Å². The third-order valence-electron chi connectivity index (χ3n) is 3.13. The maximum atomic E-state index is 13.7. The molecule has 2 rings (SSSR count). The molecule has 9 heteroatoms. The summed E-state index contributed by atoms with van der Waals surface area (Å²) >= 11 is 5.84. The molecular formula is C14H17ClFN3O3S. The van der Waals surface area contributed by atoms with Crippen LogP contribution in [0.25, 0.3) is 0 Å². The molecule has 0 radical (unpaired) electrons. The van der Waals surface area contributed by atoms with Crippen LogP contribution in [0.1, 0.15) is 37.8 Å². The van der Waals surface area contributed by atoms with Crippen molar-refractivity contribution in [1.29, 1.82) is 0 Å². The highest BCUT2D eigenvalue weighted by Gasteiger charge is 2.27. The van der Waals surface area contributed by atoms with Crippen LogP contribution in [-0.2, 0) is 15.6 Å². The Labute approximate surface area is 138 Å². The fraction of sp³-hybridized carbons (Fsp3) is 0.429. The zero-order valence-electron chi connectivity index (χ0n) is 12.7. The van der Waals surface area contributed by atoms with Gasteiger partial charge >= 0.3 is 5.22 Å². The summed E-state index contributed by atoms with van der Waals surface area (Å²) in [6.07, 6.45) is 0.570. The quantitative estimate of drug-likeness (QED) is 0.849. The smallest absolute Gasteiger partial charge is 0.335 e. The molecule has 0 bridgehead atoms. The maximum absolute atomic E-state index is 13.7. The van der Waals surface area contributed by atoms with Gasteiger partial charge in [0.1, 0.15) is 5.82 Å². The molecule has 0 aliphatic carbocycles. The fourth-order valence-electron chi connectivity index (χ4n) is 2.03. The van der Waals surface area contributed by atoms with Gasteiger partial charge in [0.15, 0.2) is 0 Å². The lowest BCUT2D eigenvalue weighted by Gasteiger charge is -2.09. The molecule has 2 N–H and O–H groups in total. The molecule has 0 spiro atoms. The van der Waals surface area contributed by atoms with E-state index in [-0.39, 0.29) is 22.4 Å². The number of aromatic nitrogens is 2. The Morgan fingerprint density at radius 3 is 2.65 bits per heavy atom.